The van der Waals surface area contributed by atoms with Gasteiger partial charge in [-0.1, -0.05) is 18.2 Å². The lowest BCUT2D eigenvalue weighted by atomic mass is 10.0. The molecule has 1 aliphatic rings. The minimum absolute atomic E-state index is 0.169. The van der Waals surface area contributed by atoms with E-state index in [2.05, 4.69) is 9.88 Å². The van der Waals surface area contributed by atoms with Gasteiger partial charge in [0.1, 0.15) is 5.56 Å². The Hall–Kier alpha value is -2.10. The van der Waals surface area contributed by atoms with Crippen LogP contribution in [0.25, 0.3) is 10.9 Å². The Bertz CT molecular complexity index is 712. The standard InChI is InChI=1S/C16H18N2O2/c1-11(19)14-15(18-9-5-2-6-10-18)12-7-3-4-8-13(12)17-16(14)20/h3-4,7-8H,2,5-6,9-10H2,1H3,(H,17,20). The molecule has 1 aliphatic heterocycles. The number of ketones is 1. The van der Waals surface area contributed by atoms with Crippen molar-refractivity contribution in [3.63, 3.8) is 0 Å². The summed E-state index contributed by atoms with van der Waals surface area (Å²) in [4.78, 5) is 29.2. The molecule has 0 aliphatic carbocycles. The first kappa shape index (κ1) is 12.9. The van der Waals surface area contributed by atoms with Gasteiger partial charge in [0.25, 0.3) is 5.56 Å². The molecular weight excluding hydrogens is 252 g/mol. The van der Waals surface area contributed by atoms with Gasteiger partial charge in [0.2, 0.25) is 0 Å². The molecule has 0 radical (unpaired) electrons. The summed E-state index contributed by atoms with van der Waals surface area (Å²) in [7, 11) is 0. The zero-order chi connectivity index (χ0) is 14.1. The Morgan fingerprint density at radius 2 is 1.85 bits per heavy atom. The Morgan fingerprint density at radius 3 is 2.55 bits per heavy atom. The van der Waals surface area contributed by atoms with Crippen molar-refractivity contribution in [1.82, 2.24) is 4.98 Å². The normalized spacial score (nSPS) is 15.6. The van der Waals surface area contributed by atoms with E-state index in [-0.39, 0.29) is 11.3 Å². The Kier molecular flexibility index (Phi) is 3.30. The van der Waals surface area contributed by atoms with Crippen molar-refractivity contribution in [1.29, 1.82) is 0 Å². The molecule has 1 aromatic carbocycles. The number of carbonyl (C=O) groups excluding carboxylic acids is 1. The molecule has 0 spiro atoms. The number of Topliss-reactive ketones (excluding diaryl/α,β-unsaturated/α-hetero) is 1. The van der Waals surface area contributed by atoms with Crippen molar-refractivity contribution >= 4 is 22.4 Å². The first-order valence-electron chi connectivity index (χ1n) is 7.09. The monoisotopic (exact) mass is 270 g/mol. The third-order valence-electron chi connectivity index (χ3n) is 3.92. The Balaban J connectivity index is 2.31. The summed E-state index contributed by atoms with van der Waals surface area (Å²) in [6.45, 7) is 3.29. The molecule has 4 nitrogen and oxygen atoms in total. The maximum absolute atomic E-state index is 12.2. The summed E-state index contributed by atoms with van der Waals surface area (Å²) >= 11 is 0. The molecule has 2 heterocycles. The van der Waals surface area contributed by atoms with Crippen molar-refractivity contribution in [2.45, 2.75) is 26.2 Å². The minimum atomic E-state index is -0.281. The van der Waals surface area contributed by atoms with Gasteiger partial charge in [-0.25, -0.2) is 0 Å². The number of nitrogens with one attached hydrogen (secondary N) is 1. The summed E-state index contributed by atoms with van der Waals surface area (Å²) in [5.74, 6) is -0.169. The van der Waals surface area contributed by atoms with Crippen molar-refractivity contribution in [2.24, 2.45) is 0 Å². The van der Waals surface area contributed by atoms with Crippen LogP contribution in [0.1, 0.15) is 36.5 Å². The third-order valence-corrected chi connectivity index (χ3v) is 3.92. The molecule has 0 unspecified atom stereocenters. The molecule has 1 fully saturated rings. The van der Waals surface area contributed by atoms with Gasteiger partial charge in [-0.05, 0) is 32.3 Å². The van der Waals surface area contributed by atoms with Crippen LogP contribution < -0.4 is 10.5 Å². The number of anilines is 1. The number of pyridine rings is 1. The smallest absolute Gasteiger partial charge is 0.261 e. The predicted molar refractivity (Wildman–Crippen MR) is 80.6 cm³/mol. The molecule has 0 bridgehead atoms. The number of fused-ring (bicyclic) bond motifs is 1. The van der Waals surface area contributed by atoms with Gasteiger partial charge in [0.15, 0.2) is 5.78 Å². The Labute approximate surface area is 117 Å². The summed E-state index contributed by atoms with van der Waals surface area (Å²) in [5.41, 5.74) is 1.63. The van der Waals surface area contributed by atoms with Crippen LogP contribution in [-0.4, -0.2) is 23.9 Å². The number of rotatable bonds is 2. The van der Waals surface area contributed by atoms with E-state index in [1.165, 1.54) is 13.3 Å². The molecule has 2 aromatic rings. The van der Waals surface area contributed by atoms with Crippen LogP contribution in [0.4, 0.5) is 5.69 Å². The van der Waals surface area contributed by atoms with Gasteiger partial charge in [0, 0.05) is 18.5 Å². The van der Waals surface area contributed by atoms with E-state index in [0.717, 1.165) is 42.5 Å². The van der Waals surface area contributed by atoms with Crippen molar-refractivity contribution in [3.05, 3.63) is 40.2 Å². The van der Waals surface area contributed by atoms with Crippen LogP contribution in [0, 0.1) is 0 Å². The van der Waals surface area contributed by atoms with E-state index in [1.54, 1.807) is 0 Å². The van der Waals surface area contributed by atoms with Gasteiger partial charge in [-0.15, -0.1) is 0 Å². The highest BCUT2D eigenvalue weighted by molar-refractivity contribution is 6.07. The fourth-order valence-electron chi connectivity index (χ4n) is 3.00. The second-order valence-electron chi connectivity index (χ2n) is 5.33. The second-order valence-corrected chi connectivity index (χ2v) is 5.33. The number of hydrogen-bond acceptors (Lipinski definition) is 3. The molecule has 0 amide bonds. The highest BCUT2D eigenvalue weighted by Crippen LogP contribution is 2.30. The van der Waals surface area contributed by atoms with E-state index >= 15 is 0 Å². The zero-order valence-corrected chi connectivity index (χ0v) is 11.6. The van der Waals surface area contributed by atoms with Gasteiger partial charge >= 0.3 is 0 Å². The second kappa shape index (κ2) is 5.12. The van der Waals surface area contributed by atoms with Gasteiger partial charge in [-0.2, -0.15) is 0 Å². The molecule has 1 N–H and O–H groups in total. The van der Waals surface area contributed by atoms with Crippen molar-refractivity contribution in [2.75, 3.05) is 18.0 Å². The van der Waals surface area contributed by atoms with Gasteiger partial charge in [0.05, 0.1) is 11.2 Å². The fraction of sp³-hybridized carbons (Fsp3) is 0.375. The molecule has 1 saturated heterocycles. The van der Waals surface area contributed by atoms with Crippen LogP contribution >= 0.6 is 0 Å². The first-order chi connectivity index (χ1) is 9.68. The van der Waals surface area contributed by atoms with Crippen LogP contribution in [0.15, 0.2) is 29.1 Å². The number of aromatic amines is 1. The summed E-state index contributed by atoms with van der Waals surface area (Å²) in [6.07, 6.45) is 3.43. The van der Waals surface area contributed by atoms with Crippen molar-refractivity contribution < 1.29 is 4.79 Å². The number of para-hydroxylation sites is 1. The fourth-order valence-corrected chi connectivity index (χ4v) is 3.00. The maximum Gasteiger partial charge on any atom is 0.261 e. The SMILES string of the molecule is CC(=O)c1c(N2CCCCC2)c2ccccc2[nH]c1=O. The number of nitrogens with zero attached hydrogens (tertiary/aromatic N) is 1. The maximum atomic E-state index is 12.2. The van der Waals surface area contributed by atoms with Crippen molar-refractivity contribution in [3.8, 4) is 0 Å². The van der Waals surface area contributed by atoms with E-state index in [4.69, 9.17) is 0 Å². The largest absolute Gasteiger partial charge is 0.370 e. The van der Waals surface area contributed by atoms with Gasteiger partial charge in [-0.3, -0.25) is 9.59 Å². The lowest BCUT2D eigenvalue weighted by Crippen LogP contribution is -2.33. The van der Waals surface area contributed by atoms with E-state index < -0.39 is 0 Å². The molecule has 1 aromatic heterocycles. The summed E-state index contributed by atoms with van der Waals surface area (Å²) in [5, 5.41) is 0.958. The summed E-state index contributed by atoms with van der Waals surface area (Å²) in [6, 6.07) is 7.69. The quantitative estimate of drug-likeness (QED) is 0.854. The lowest BCUT2D eigenvalue weighted by molar-refractivity contribution is 0.101. The van der Waals surface area contributed by atoms with E-state index in [1.807, 2.05) is 24.3 Å². The average molecular weight is 270 g/mol. The number of H-pyrrole nitrogens is 1. The molecule has 0 saturated carbocycles. The molecule has 20 heavy (non-hydrogen) atoms. The number of aromatic nitrogens is 1. The molecule has 0 atom stereocenters. The van der Waals surface area contributed by atoms with Crippen LogP contribution in [-0.2, 0) is 0 Å². The lowest BCUT2D eigenvalue weighted by Gasteiger charge is -2.31. The molecular formula is C16H18N2O2. The summed E-state index contributed by atoms with van der Waals surface area (Å²) < 4.78 is 0. The highest BCUT2D eigenvalue weighted by Gasteiger charge is 2.22. The molecule has 4 heteroatoms. The Morgan fingerprint density at radius 1 is 1.15 bits per heavy atom. The van der Waals surface area contributed by atoms with E-state index in [9.17, 15) is 9.59 Å². The van der Waals surface area contributed by atoms with Crippen LogP contribution in [0.5, 0.6) is 0 Å². The molecule has 104 valence electrons. The highest BCUT2D eigenvalue weighted by atomic mass is 16.1. The zero-order valence-electron chi connectivity index (χ0n) is 11.6. The topological polar surface area (TPSA) is 53.2 Å². The first-order valence-corrected chi connectivity index (χ1v) is 7.09. The van der Waals surface area contributed by atoms with E-state index in [0.29, 0.717) is 5.56 Å². The number of hydrogen-bond donors (Lipinski definition) is 1. The molecule has 3 rings (SSSR count). The predicted octanol–water partition coefficient (Wildman–Crippen LogP) is 2.72. The number of piperidine rings is 1. The van der Waals surface area contributed by atoms with Crippen LogP contribution in [0.2, 0.25) is 0 Å². The number of carbonyl (C=O) groups is 1. The van der Waals surface area contributed by atoms with Crippen LogP contribution in [0.3, 0.4) is 0 Å². The van der Waals surface area contributed by atoms with Gasteiger partial charge < -0.3 is 9.88 Å². The minimum Gasteiger partial charge on any atom is -0.370 e. The third kappa shape index (κ3) is 2.11. The average Bonchev–Trinajstić information content (AvgIpc) is 2.46. The number of benzene rings is 1.